The highest BCUT2D eigenvalue weighted by molar-refractivity contribution is 7.92. The maximum absolute atomic E-state index is 13.5. The average molecular weight is 314 g/mol. The first-order valence-electron chi connectivity index (χ1n) is 6.75. The van der Waals surface area contributed by atoms with Gasteiger partial charge >= 0.3 is 0 Å². The zero-order chi connectivity index (χ0) is 15.7. The number of hydrogen-bond donors (Lipinski definition) is 2. The van der Waals surface area contributed by atoms with Crippen LogP contribution in [-0.4, -0.2) is 38.4 Å². The molecule has 21 heavy (non-hydrogen) atoms. The predicted molar refractivity (Wildman–Crippen MR) is 79.4 cm³/mol. The third-order valence-electron chi connectivity index (χ3n) is 4.05. The van der Waals surface area contributed by atoms with Crippen LogP contribution in [0, 0.1) is 12.7 Å². The van der Waals surface area contributed by atoms with Crippen molar-refractivity contribution in [2.75, 3.05) is 24.7 Å². The number of anilines is 1. The molecular weight excluding hydrogens is 295 g/mol. The van der Waals surface area contributed by atoms with Gasteiger partial charge in [0.1, 0.15) is 5.82 Å². The second kappa shape index (κ2) is 5.73. The molecule has 1 heterocycles. The maximum atomic E-state index is 13.5. The summed E-state index contributed by atoms with van der Waals surface area (Å²) in [5, 5.41) is 5.63. The van der Waals surface area contributed by atoms with Gasteiger partial charge in [-0.3, -0.25) is 4.79 Å². The van der Waals surface area contributed by atoms with Gasteiger partial charge in [0.25, 0.3) is 0 Å². The minimum absolute atomic E-state index is 0.214. The number of carbonyl (C=O) groups is 1. The molecule has 0 spiro atoms. The van der Waals surface area contributed by atoms with E-state index >= 15 is 0 Å². The molecule has 1 fully saturated rings. The van der Waals surface area contributed by atoms with E-state index in [2.05, 4.69) is 10.6 Å². The zero-order valence-corrected chi connectivity index (χ0v) is 12.9. The van der Waals surface area contributed by atoms with Gasteiger partial charge in [0, 0.05) is 17.5 Å². The van der Waals surface area contributed by atoms with Crippen LogP contribution < -0.4 is 10.6 Å². The molecule has 2 N–H and O–H groups in total. The molecule has 1 aromatic carbocycles. The van der Waals surface area contributed by atoms with Crippen molar-refractivity contribution >= 4 is 21.4 Å². The first-order chi connectivity index (χ1) is 9.78. The molecule has 1 aliphatic rings. The summed E-state index contributed by atoms with van der Waals surface area (Å²) in [6, 6.07) is 4.34. The number of carbonyl (C=O) groups excluding carboxylic acids is 1. The molecule has 2 rings (SSSR count). The van der Waals surface area contributed by atoms with Crippen molar-refractivity contribution in [3.63, 3.8) is 0 Å². The van der Waals surface area contributed by atoms with Crippen LogP contribution in [0.25, 0.3) is 0 Å². The van der Waals surface area contributed by atoms with E-state index in [1.165, 1.54) is 12.1 Å². The number of amides is 1. The van der Waals surface area contributed by atoms with Crippen LogP contribution in [0.4, 0.5) is 10.1 Å². The maximum Gasteiger partial charge on any atom is 0.245 e. The average Bonchev–Trinajstić information content (AvgIpc) is 2.43. The Morgan fingerprint density at radius 3 is 2.52 bits per heavy atom. The monoisotopic (exact) mass is 314 g/mol. The fourth-order valence-corrected chi connectivity index (χ4v) is 3.91. The Morgan fingerprint density at radius 1 is 1.33 bits per heavy atom. The van der Waals surface area contributed by atoms with Crippen molar-refractivity contribution in [2.24, 2.45) is 0 Å². The molecule has 0 radical (unpaired) electrons. The van der Waals surface area contributed by atoms with Gasteiger partial charge in [-0.15, -0.1) is 0 Å². The normalized spacial score (nSPS) is 18.2. The highest BCUT2D eigenvalue weighted by Crippen LogP contribution is 2.30. The lowest BCUT2D eigenvalue weighted by molar-refractivity contribution is -0.119. The smallest absolute Gasteiger partial charge is 0.245 e. The SMILES string of the molecule is Cc1c(F)cccc1NC(=O)C1(S(C)(=O)=O)CCNCC1. The fourth-order valence-electron chi connectivity index (χ4n) is 2.58. The van der Waals surface area contributed by atoms with E-state index < -0.39 is 26.3 Å². The van der Waals surface area contributed by atoms with E-state index in [1.54, 1.807) is 13.0 Å². The Balaban J connectivity index is 2.34. The molecule has 1 amide bonds. The van der Waals surface area contributed by atoms with Crippen molar-refractivity contribution < 1.29 is 17.6 Å². The van der Waals surface area contributed by atoms with Crippen LogP contribution in [0.3, 0.4) is 0 Å². The standard InChI is InChI=1S/C14H19FN2O3S/c1-10-11(15)4-3-5-12(10)17-13(18)14(21(2,19)20)6-8-16-9-7-14/h3-5,16H,6-9H2,1-2H3,(H,17,18). The Hall–Kier alpha value is -1.47. The van der Waals surface area contributed by atoms with Gasteiger partial charge < -0.3 is 10.6 Å². The molecular formula is C14H19FN2O3S. The number of rotatable bonds is 3. The predicted octanol–water partition coefficient (Wildman–Crippen LogP) is 1.24. The Labute approximate surface area is 123 Å². The largest absolute Gasteiger partial charge is 0.324 e. The minimum atomic E-state index is -3.58. The summed E-state index contributed by atoms with van der Waals surface area (Å²) in [5.41, 5.74) is 0.602. The van der Waals surface area contributed by atoms with Crippen molar-refractivity contribution in [3.05, 3.63) is 29.6 Å². The zero-order valence-electron chi connectivity index (χ0n) is 12.1. The Bertz CT molecular complexity index is 652. The van der Waals surface area contributed by atoms with Gasteiger partial charge in [0.15, 0.2) is 14.6 Å². The number of benzene rings is 1. The number of halogens is 1. The molecule has 7 heteroatoms. The van der Waals surface area contributed by atoms with E-state index in [9.17, 15) is 17.6 Å². The molecule has 5 nitrogen and oxygen atoms in total. The van der Waals surface area contributed by atoms with Crippen molar-refractivity contribution in [1.82, 2.24) is 5.32 Å². The lowest BCUT2D eigenvalue weighted by Gasteiger charge is -2.34. The van der Waals surface area contributed by atoms with Crippen molar-refractivity contribution in [1.29, 1.82) is 0 Å². The molecule has 116 valence electrons. The third-order valence-corrected chi connectivity index (χ3v) is 6.06. The Morgan fingerprint density at radius 2 is 1.95 bits per heavy atom. The first-order valence-corrected chi connectivity index (χ1v) is 8.64. The molecule has 0 bridgehead atoms. The van der Waals surface area contributed by atoms with Crippen molar-refractivity contribution in [2.45, 2.75) is 24.5 Å². The molecule has 1 aromatic rings. The van der Waals surface area contributed by atoms with Crippen LogP contribution in [0.15, 0.2) is 18.2 Å². The van der Waals surface area contributed by atoms with Gasteiger partial charge in [-0.1, -0.05) is 6.07 Å². The quantitative estimate of drug-likeness (QED) is 0.880. The third kappa shape index (κ3) is 2.94. The molecule has 1 saturated heterocycles. The summed E-state index contributed by atoms with van der Waals surface area (Å²) in [6.07, 6.45) is 1.51. The Kier molecular flexibility index (Phi) is 4.34. The minimum Gasteiger partial charge on any atom is -0.324 e. The number of hydrogen-bond acceptors (Lipinski definition) is 4. The van der Waals surface area contributed by atoms with Crippen LogP contribution in [0.1, 0.15) is 18.4 Å². The molecule has 0 aromatic heterocycles. The molecule has 1 aliphatic heterocycles. The lowest BCUT2D eigenvalue weighted by atomic mass is 9.95. The highest BCUT2D eigenvalue weighted by Gasteiger charge is 2.48. The van der Waals surface area contributed by atoms with E-state index in [0.29, 0.717) is 24.3 Å². The van der Waals surface area contributed by atoms with Gasteiger partial charge in [0.2, 0.25) is 5.91 Å². The second-order valence-electron chi connectivity index (χ2n) is 5.38. The highest BCUT2D eigenvalue weighted by atomic mass is 32.2. The summed E-state index contributed by atoms with van der Waals surface area (Å²) in [4.78, 5) is 12.6. The van der Waals surface area contributed by atoms with Crippen molar-refractivity contribution in [3.8, 4) is 0 Å². The topological polar surface area (TPSA) is 75.3 Å². The summed E-state index contributed by atoms with van der Waals surface area (Å²) < 4.78 is 36.3. The summed E-state index contributed by atoms with van der Waals surface area (Å²) in [7, 11) is -3.58. The van der Waals surface area contributed by atoms with E-state index in [1.807, 2.05) is 0 Å². The number of piperidine rings is 1. The molecule has 0 unspecified atom stereocenters. The lowest BCUT2D eigenvalue weighted by Crippen LogP contribution is -2.55. The first kappa shape index (κ1) is 15.9. The van der Waals surface area contributed by atoms with E-state index in [-0.39, 0.29) is 12.8 Å². The van der Waals surface area contributed by atoms with Gasteiger partial charge in [-0.2, -0.15) is 0 Å². The molecule has 0 atom stereocenters. The summed E-state index contributed by atoms with van der Waals surface area (Å²) >= 11 is 0. The van der Waals surface area contributed by atoms with E-state index in [4.69, 9.17) is 0 Å². The number of nitrogens with one attached hydrogen (secondary N) is 2. The van der Waals surface area contributed by atoms with Crippen LogP contribution in [0.2, 0.25) is 0 Å². The van der Waals surface area contributed by atoms with Crippen LogP contribution >= 0.6 is 0 Å². The van der Waals surface area contributed by atoms with E-state index in [0.717, 1.165) is 6.26 Å². The van der Waals surface area contributed by atoms with Gasteiger partial charge in [0.05, 0.1) is 0 Å². The van der Waals surface area contributed by atoms with Crippen LogP contribution in [0.5, 0.6) is 0 Å². The van der Waals surface area contributed by atoms with Crippen LogP contribution in [-0.2, 0) is 14.6 Å². The fraction of sp³-hybridized carbons (Fsp3) is 0.500. The van der Waals surface area contributed by atoms with Gasteiger partial charge in [-0.25, -0.2) is 12.8 Å². The molecule has 0 aliphatic carbocycles. The second-order valence-corrected chi connectivity index (χ2v) is 7.71. The number of sulfone groups is 1. The molecule has 0 saturated carbocycles. The van der Waals surface area contributed by atoms with Gasteiger partial charge in [-0.05, 0) is 45.0 Å². The summed E-state index contributed by atoms with van der Waals surface area (Å²) in [6.45, 7) is 2.46. The summed E-state index contributed by atoms with van der Waals surface area (Å²) in [5.74, 6) is -1.02.